The highest BCUT2D eigenvalue weighted by atomic mass is 32.2. The van der Waals surface area contributed by atoms with Crippen molar-refractivity contribution in [2.75, 3.05) is 37.7 Å². The van der Waals surface area contributed by atoms with Gasteiger partial charge in [0.2, 0.25) is 15.6 Å². The number of hydrogen-bond donors (Lipinski definition) is 1. The Hall–Kier alpha value is -3.15. The zero-order valence-corrected chi connectivity index (χ0v) is 18.8. The molecule has 1 fully saturated rings. The van der Waals surface area contributed by atoms with Crippen LogP contribution in [0.3, 0.4) is 0 Å². The number of nitrogens with zero attached hydrogens (tertiary/aromatic N) is 2. The third kappa shape index (κ3) is 3.89. The van der Waals surface area contributed by atoms with Crippen molar-refractivity contribution in [3.8, 4) is 0 Å². The van der Waals surface area contributed by atoms with Gasteiger partial charge in [0.15, 0.2) is 0 Å². The Kier molecular flexibility index (Phi) is 5.70. The minimum absolute atomic E-state index is 0.0248. The van der Waals surface area contributed by atoms with Crippen molar-refractivity contribution in [2.24, 2.45) is 0 Å². The lowest BCUT2D eigenvalue weighted by Crippen LogP contribution is -2.40. The number of aromatic nitrogens is 1. The normalized spacial score (nSPS) is 17.1. The molecular weight excluding hydrogens is 468 g/mol. The van der Waals surface area contributed by atoms with E-state index in [0.29, 0.717) is 24.5 Å². The van der Waals surface area contributed by atoms with Crippen molar-refractivity contribution in [3.05, 3.63) is 69.5 Å². The van der Waals surface area contributed by atoms with E-state index >= 15 is 0 Å². The molecule has 2 aliphatic heterocycles. The van der Waals surface area contributed by atoms with Crippen LogP contribution in [0.25, 0.3) is 10.9 Å². The quantitative estimate of drug-likeness (QED) is 0.609. The van der Waals surface area contributed by atoms with Crippen LogP contribution in [0.5, 0.6) is 0 Å². The predicted molar refractivity (Wildman–Crippen MR) is 121 cm³/mol. The number of aryl methyl sites for hydroxylation is 1. The van der Waals surface area contributed by atoms with E-state index in [0.717, 1.165) is 6.07 Å². The number of sulfonamides is 1. The van der Waals surface area contributed by atoms with Crippen LogP contribution in [-0.4, -0.2) is 56.5 Å². The number of rotatable bonds is 3. The molecular formula is C23H21F2N3O5S. The highest BCUT2D eigenvalue weighted by Crippen LogP contribution is 2.33. The number of aromatic amines is 1. The number of carbonyl (C=O) groups is 1. The first-order valence-electron chi connectivity index (χ1n) is 10.8. The van der Waals surface area contributed by atoms with Crippen molar-refractivity contribution < 1.29 is 26.7 Å². The predicted octanol–water partition coefficient (Wildman–Crippen LogP) is 2.42. The molecule has 3 aromatic rings. The number of anilines is 1. The van der Waals surface area contributed by atoms with Crippen LogP contribution < -0.4 is 10.5 Å². The number of ether oxygens (including phenoxy) is 1. The number of H-pyrrole nitrogens is 1. The Balaban J connectivity index is 1.63. The van der Waals surface area contributed by atoms with E-state index in [1.54, 1.807) is 0 Å². The van der Waals surface area contributed by atoms with Crippen LogP contribution >= 0.6 is 0 Å². The lowest BCUT2D eigenvalue weighted by Gasteiger charge is -2.30. The number of hydrogen-bond acceptors (Lipinski definition) is 5. The van der Waals surface area contributed by atoms with Gasteiger partial charge in [0.25, 0.3) is 5.91 Å². The van der Waals surface area contributed by atoms with Crippen LogP contribution in [0.1, 0.15) is 22.3 Å². The highest BCUT2D eigenvalue weighted by Gasteiger charge is 2.30. The molecule has 178 valence electrons. The van der Waals surface area contributed by atoms with Gasteiger partial charge in [-0.2, -0.15) is 4.31 Å². The number of nitrogens with one attached hydrogen (secondary N) is 1. The molecule has 0 spiro atoms. The standard InChI is InChI=1S/C23H21F2N3O5S/c24-15-10-14-2-1-5-28(22(14)19(25)11-15)23(30)18-13-21(29)26-20-4-3-16(12-17(18)20)34(31,32)27-6-8-33-9-7-27/h3-4,10-13H,1-2,5-9H2,(H,26,29). The second kappa shape index (κ2) is 8.57. The van der Waals surface area contributed by atoms with Gasteiger partial charge in [0.05, 0.1) is 29.4 Å². The van der Waals surface area contributed by atoms with Crippen LogP contribution in [0.4, 0.5) is 14.5 Å². The third-order valence-corrected chi connectivity index (χ3v) is 8.00. The van der Waals surface area contributed by atoms with Crippen LogP contribution in [0.2, 0.25) is 0 Å². The summed E-state index contributed by atoms with van der Waals surface area (Å²) in [6.45, 7) is 1.15. The summed E-state index contributed by atoms with van der Waals surface area (Å²) in [6.07, 6.45) is 0.894. The molecule has 0 aliphatic carbocycles. The molecule has 3 heterocycles. The molecule has 8 nitrogen and oxygen atoms in total. The Morgan fingerprint density at radius 2 is 1.79 bits per heavy atom. The first-order valence-corrected chi connectivity index (χ1v) is 12.2. The summed E-state index contributed by atoms with van der Waals surface area (Å²) in [5, 5.41) is 0.216. The van der Waals surface area contributed by atoms with E-state index in [9.17, 15) is 26.8 Å². The summed E-state index contributed by atoms with van der Waals surface area (Å²) in [7, 11) is -3.86. The van der Waals surface area contributed by atoms with E-state index in [1.165, 1.54) is 33.5 Å². The highest BCUT2D eigenvalue weighted by molar-refractivity contribution is 7.89. The summed E-state index contributed by atoms with van der Waals surface area (Å²) in [5.74, 6) is -2.26. The smallest absolute Gasteiger partial charge is 0.259 e. The molecule has 1 saturated heterocycles. The van der Waals surface area contributed by atoms with Crippen molar-refractivity contribution in [1.82, 2.24) is 9.29 Å². The monoisotopic (exact) mass is 489 g/mol. The summed E-state index contributed by atoms with van der Waals surface area (Å²) in [5.41, 5.74) is -0.00982. The van der Waals surface area contributed by atoms with Gasteiger partial charge in [-0.05, 0) is 42.7 Å². The topological polar surface area (TPSA) is 99.8 Å². The Labute approximate surface area is 193 Å². The maximum atomic E-state index is 14.7. The molecule has 5 rings (SSSR count). The number of amides is 1. The number of carbonyl (C=O) groups excluding carboxylic acids is 1. The number of pyridine rings is 1. The molecule has 0 bridgehead atoms. The van der Waals surface area contributed by atoms with Gasteiger partial charge in [0.1, 0.15) is 11.6 Å². The lowest BCUT2D eigenvalue weighted by atomic mass is 9.99. The van der Waals surface area contributed by atoms with Crippen LogP contribution in [0.15, 0.2) is 46.1 Å². The van der Waals surface area contributed by atoms with Gasteiger partial charge in [0, 0.05) is 42.7 Å². The van der Waals surface area contributed by atoms with Crippen molar-refractivity contribution in [2.45, 2.75) is 17.7 Å². The Morgan fingerprint density at radius 3 is 2.56 bits per heavy atom. The molecule has 2 aromatic carbocycles. The number of fused-ring (bicyclic) bond motifs is 2. The Morgan fingerprint density at radius 1 is 1.03 bits per heavy atom. The number of benzene rings is 2. The lowest BCUT2D eigenvalue weighted by molar-refractivity contribution is 0.0730. The minimum atomic E-state index is -3.86. The fourth-order valence-corrected chi connectivity index (χ4v) is 5.94. The van der Waals surface area contributed by atoms with Gasteiger partial charge in [-0.1, -0.05) is 0 Å². The molecule has 1 aromatic heterocycles. The Bertz CT molecular complexity index is 1470. The molecule has 1 amide bonds. The van der Waals surface area contributed by atoms with E-state index in [1.807, 2.05) is 0 Å². The van der Waals surface area contributed by atoms with Crippen molar-refractivity contribution in [3.63, 3.8) is 0 Å². The van der Waals surface area contributed by atoms with Gasteiger partial charge in [-0.25, -0.2) is 17.2 Å². The molecule has 2 aliphatic rings. The van der Waals surface area contributed by atoms with Crippen LogP contribution in [0, 0.1) is 11.6 Å². The molecule has 0 radical (unpaired) electrons. The number of halogens is 2. The maximum absolute atomic E-state index is 14.7. The zero-order chi connectivity index (χ0) is 24.0. The van der Waals surface area contributed by atoms with Crippen molar-refractivity contribution >= 4 is 32.5 Å². The first kappa shape index (κ1) is 22.6. The average Bonchev–Trinajstić information content (AvgIpc) is 2.82. The van der Waals surface area contributed by atoms with E-state index in [-0.39, 0.29) is 59.9 Å². The third-order valence-electron chi connectivity index (χ3n) is 6.10. The fourth-order valence-electron chi connectivity index (χ4n) is 4.51. The zero-order valence-electron chi connectivity index (χ0n) is 18.0. The minimum Gasteiger partial charge on any atom is -0.379 e. The molecule has 11 heteroatoms. The largest absolute Gasteiger partial charge is 0.379 e. The van der Waals surface area contributed by atoms with E-state index in [4.69, 9.17) is 4.74 Å². The van der Waals surface area contributed by atoms with E-state index < -0.39 is 33.1 Å². The molecule has 0 saturated carbocycles. The molecule has 0 unspecified atom stereocenters. The van der Waals surface area contributed by atoms with Gasteiger partial charge in [-0.3, -0.25) is 9.59 Å². The van der Waals surface area contributed by atoms with E-state index in [2.05, 4.69) is 4.98 Å². The van der Waals surface area contributed by atoms with Gasteiger partial charge in [-0.15, -0.1) is 0 Å². The maximum Gasteiger partial charge on any atom is 0.259 e. The fraction of sp³-hybridized carbons (Fsp3) is 0.304. The van der Waals surface area contributed by atoms with Crippen LogP contribution in [-0.2, 0) is 21.2 Å². The van der Waals surface area contributed by atoms with Gasteiger partial charge >= 0.3 is 0 Å². The average molecular weight is 490 g/mol. The molecule has 34 heavy (non-hydrogen) atoms. The molecule has 0 atom stereocenters. The summed E-state index contributed by atoms with van der Waals surface area (Å²) in [4.78, 5) is 29.6. The summed E-state index contributed by atoms with van der Waals surface area (Å²) >= 11 is 0. The van der Waals surface area contributed by atoms with Gasteiger partial charge < -0.3 is 14.6 Å². The van der Waals surface area contributed by atoms with Crippen molar-refractivity contribution in [1.29, 1.82) is 0 Å². The second-order valence-corrected chi connectivity index (χ2v) is 10.2. The second-order valence-electron chi connectivity index (χ2n) is 8.23. The molecule has 1 N–H and O–H groups in total. The SMILES string of the molecule is O=C(c1cc(=O)[nH]c2ccc(S(=O)(=O)N3CCOCC3)cc12)N1CCCc2cc(F)cc(F)c21. The summed E-state index contributed by atoms with van der Waals surface area (Å²) < 4.78 is 61.2. The first-order chi connectivity index (χ1) is 16.3. The summed E-state index contributed by atoms with van der Waals surface area (Å²) in [6, 6.07) is 7.13. The number of morpholine rings is 1.